The van der Waals surface area contributed by atoms with E-state index in [1.165, 1.54) is 0 Å². The van der Waals surface area contributed by atoms with Crippen molar-refractivity contribution >= 4 is 17.3 Å². The Labute approximate surface area is 114 Å². The van der Waals surface area contributed by atoms with Gasteiger partial charge in [-0.2, -0.15) is 5.26 Å². The summed E-state index contributed by atoms with van der Waals surface area (Å²) in [6, 6.07) is 10.9. The molecule has 2 atom stereocenters. The molecule has 2 rings (SSSR count). The number of anilines is 1. The SMILES string of the molecule is CC1CN(C)C(CC#N)CN1c1cccc(Cl)c1. The predicted molar refractivity (Wildman–Crippen MR) is 74.9 cm³/mol. The lowest BCUT2D eigenvalue weighted by atomic mass is 10.0. The van der Waals surface area contributed by atoms with Gasteiger partial charge in [-0.1, -0.05) is 17.7 Å². The van der Waals surface area contributed by atoms with E-state index in [0.29, 0.717) is 18.5 Å². The number of nitriles is 1. The molecule has 0 saturated carbocycles. The number of hydrogen-bond donors (Lipinski definition) is 0. The van der Waals surface area contributed by atoms with E-state index in [2.05, 4.69) is 35.9 Å². The molecule has 1 aliphatic heterocycles. The minimum atomic E-state index is 0.296. The Morgan fingerprint density at radius 3 is 2.89 bits per heavy atom. The third-order valence-electron chi connectivity index (χ3n) is 3.58. The molecule has 0 radical (unpaired) electrons. The second-order valence-corrected chi connectivity index (χ2v) is 5.37. The highest BCUT2D eigenvalue weighted by Gasteiger charge is 2.29. The van der Waals surface area contributed by atoms with Gasteiger partial charge in [0.2, 0.25) is 0 Å². The monoisotopic (exact) mass is 263 g/mol. The first-order valence-corrected chi connectivity index (χ1v) is 6.59. The molecule has 3 nitrogen and oxygen atoms in total. The third-order valence-corrected chi connectivity index (χ3v) is 3.82. The molecule has 1 fully saturated rings. The van der Waals surface area contributed by atoms with Gasteiger partial charge in [-0.25, -0.2) is 0 Å². The molecule has 0 aromatic heterocycles. The van der Waals surface area contributed by atoms with Crippen LogP contribution in [0, 0.1) is 11.3 Å². The van der Waals surface area contributed by atoms with Crippen molar-refractivity contribution < 1.29 is 0 Å². The van der Waals surface area contributed by atoms with Crippen molar-refractivity contribution in [3.63, 3.8) is 0 Å². The van der Waals surface area contributed by atoms with E-state index in [1.54, 1.807) is 0 Å². The van der Waals surface area contributed by atoms with Gasteiger partial charge in [-0.3, -0.25) is 4.90 Å². The van der Waals surface area contributed by atoms with Crippen LogP contribution in [0.25, 0.3) is 0 Å². The quantitative estimate of drug-likeness (QED) is 0.822. The number of rotatable bonds is 2. The van der Waals surface area contributed by atoms with Gasteiger partial charge in [-0.15, -0.1) is 0 Å². The lowest BCUT2D eigenvalue weighted by Crippen LogP contribution is -2.56. The van der Waals surface area contributed by atoms with Crippen molar-refractivity contribution in [3.05, 3.63) is 29.3 Å². The zero-order valence-electron chi connectivity index (χ0n) is 10.8. The zero-order chi connectivity index (χ0) is 13.1. The van der Waals surface area contributed by atoms with E-state index in [9.17, 15) is 0 Å². The lowest BCUT2D eigenvalue weighted by molar-refractivity contribution is 0.194. The number of hydrogen-bond acceptors (Lipinski definition) is 3. The molecule has 0 aliphatic carbocycles. The second kappa shape index (κ2) is 5.60. The maximum atomic E-state index is 8.89. The van der Waals surface area contributed by atoms with Gasteiger partial charge in [0, 0.05) is 35.9 Å². The Hall–Kier alpha value is -1.24. The van der Waals surface area contributed by atoms with Gasteiger partial charge < -0.3 is 4.90 Å². The van der Waals surface area contributed by atoms with Gasteiger partial charge in [0.05, 0.1) is 12.5 Å². The molecule has 18 heavy (non-hydrogen) atoms. The molecule has 2 unspecified atom stereocenters. The first kappa shape index (κ1) is 13.2. The molecule has 1 heterocycles. The molecule has 0 bridgehead atoms. The molecule has 1 aromatic rings. The molecule has 1 aliphatic rings. The molecule has 1 aromatic carbocycles. The van der Waals surface area contributed by atoms with Crippen LogP contribution >= 0.6 is 11.6 Å². The molecule has 0 amide bonds. The van der Waals surface area contributed by atoms with E-state index < -0.39 is 0 Å². The standard InChI is InChI=1S/C14H18ClN3/c1-11-9-17(2)14(6-7-16)10-18(11)13-5-3-4-12(15)8-13/h3-5,8,11,14H,6,9-10H2,1-2H3. The normalized spacial score (nSPS) is 24.9. The Kier molecular flexibility index (Phi) is 4.11. The lowest BCUT2D eigenvalue weighted by Gasteiger charge is -2.44. The highest BCUT2D eigenvalue weighted by molar-refractivity contribution is 6.30. The maximum absolute atomic E-state index is 8.89. The van der Waals surface area contributed by atoms with Crippen LogP contribution in [-0.4, -0.2) is 37.1 Å². The molecule has 1 saturated heterocycles. The van der Waals surface area contributed by atoms with Crippen molar-refractivity contribution in [1.82, 2.24) is 4.90 Å². The van der Waals surface area contributed by atoms with Gasteiger partial charge in [0.15, 0.2) is 0 Å². The number of nitrogens with zero attached hydrogens (tertiary/aromatic N) is 3. The van der Waals surface area contributed by atoms with Crippen LogP contribution in [0.2, 0.25) is 5.02 Å². The van der Waals surface area contributed by atoms with Crippen molar-refractivity contribution in [1.29, 1.82) is 5.26 Å². The average molecular weight is 264 g/mol. The number of piperazine rings is 1. The summed E-state index contributed by atoms with van der Waals surface area (Å²) in [4.78, 5) is 4.61. The molecular weight excluding hydrogens is 246 g/mol. The summed E-state index contributed by atoms with van der Waals surface area (Å²) in [5.41, 5.74) is 1.14. The zero-order valence-corrected chi connectivity index (χ0v) is 11.6. The summed E-state index contributed by atoms with van der Waals surface area (Å²) in [6.07, 6.45) is 0.570. The topological polar surface area (TPSA) is 30.3 Å². The minimum Gasteiger partial charge on any atom is -0.366 e. The maximum Gasteiger partial charge on any atom is 0.0638 e. The fourth-order valence-electron chi connectivity index (χ4n) is 2.55. The van der Waals surface area contributed by atoms with Gasteiger partial charge in [-0.05, 0) is 32.2 Å². The van der Waals surface area contributed by atoms with Crippen molar-refractivity contribution in [2.75, 3.05) is 25.0 Å². The summed E-state index contributed by atoms with van der Waals surface area (Å²) in [6.45, 7) is 4.06. The summed E-state index contributed by atoms with van der Waals surface area (Å²) in [7, 11) is 2.09. The molecule has 96 valence electrons. The summed E-state index contributed by atoms with van der Waals surface area (Å²) < 4.78 is 0. The smallest absolute Gasteiger partial charge is 0.0638 e. The van der Waals surface area contributed by atoms with Crippen LogP contribution in [0.15, 0.2) is 24.3 Å². The average Bonchev–Trinajstić information content (AvgIpc) is 2.33. The molecule has 0 N–H and O–H groups in total. The van der Waals surface area contributed by atoms with Crippen LogP contribution in [0.4, 0.5) is 5.69 Å². The molecular formula is C14H18ClN3. The molecule has 4 heteroatoms. The van der Waals surface area contributed by atoms with Crippen LogP contribution in [-0.2, 0) is 0 Å². The van der Waals surface area contributed by atoms with Crippen molar-refractivity contribution in [2.24, 2.45) is 0 Å². The predicted octanol–water partition coefficient (Wildman–Crippen LogP) is 2.76. The van der Waals surface area contributed by atoms with Crippen molar-refractivity contribution in [2.45, 2.75) is 25.4 Å². The largest absolute Gasteiger partial charge is 0.366 e. The first-order chi connectivity index (χ1) is 8.61. The fourth-order valence-corrected chi connectivity index (χ4v) is 2.74. The Morgan fingerprint density at radius 1 is 1.44 bits per heavy atom. The number of likely N-dealkylation sites (N-methyl/N-ethyl adjacent to an activating group) is 1. The van der Waals surface area contributed by atoms with Crippen LogP contribution in [0.1, 0.15) is 13.3 Å². The molecule has 0 spiro atoms. The van der Waals surface area contributed by atoms with Crippen molar-refractivity contribution in [3.8, 4) is 6.07 Å². The minimum absolute atomic E-state index is 0.296. The van der Waals surface area contributed by atoms with Gasteiger partial charge >= 0.3 is 0 Å². The van der Waals surface area contributed by atoms with Crippen LogP contribution in [0.3, 0.4) is 0 Å². The number of halogens is 1. The Morgan fingerprint density at radius 2 is 2.22 bits per heavy atom. The van der Waals surface area contributed by atoms with E-state index in [4.69, 9.17) is 16.9 Å². The highest BCUT2D eigenvalue weighted by atomic mass is 35.5. The van der Waals surface area contributed by atoms with Crippen LogP contribution in [0.5, 0.6) is 0 Å². The third kappa shape index (κ3) is 2.77. The Balaban J connectivity index is 2.19. The first-order valence-electron chi connectivity index (χ1n) is 6.21. The highest BCUT2D eigenvalue weighted by Crippen LogP contribution is 2.25. The number of benzene rings is 1. The van der Waals surface area contributed by atoms with E-state index >= 15 is 0 Å². The van der Waals surface area contributed by atoms with Gasteiger partial charge in [0.25, 0.3) is 0 Å². The van der Waals surface area contributed by atoms with Crippen LogP contribution < -0.4 is 4.90 Å². The van der Waals surface area contributed by atoms with E-state index in [1.807, 2.05) is 18.2 Å². The van der Waals surface area contributed by atoms with E-state index in [0.717, 1.165) is 23.8 Å². The summed E-state index contributed by atoms with van der Waals surface area (Å²) in [5, 5.41) is 9.65. The second-order valence-electron chi connectivity index (χ2n) is 4.94. The summed E-state index contributed by atoms with van der Waals surface area (Å²) >= 11 is 6.05. The Bertz CT molecular complexity index is 455. The fraction of sp³-hybridized carbons (Fsp3) is 0.500. The summed E-state index contributed by atoms with van der Waals surface area (Å²) in [5.74, 6) is 0. The van der Waals surface area contributed by atoms with Gasteiger partial charge in [0.1, 0.15) is 0 Å². The van der Waals surface area contributed by atoms with E-state index in [-0.39, 0.29) is 0 Å².